The van der Waals surface area contributed by atoms with Crippen molar-refractivity contribution in [3.8, 4) is 0 Å². The molecule has 0 aromatic carbocycles. The van der Waals surface area contributed by atoms with E-state index in [-0.39, 0.29) is 5.60 Å². The molecule has 2 nitrogen and oxygen atoms in total. The third-order valence-electron chi connectivity index (χ3n) is 3.16. The lowest BCUT2D eigenvalue weighted by molar-refractivity contribution is -0.0772. The van der Waals surface area contributed by atoms with Crippen LogP contribution in [0.4, 0.5) is 0 Å². The van der Waals surface area contributed by atoms with Gasteiger partial charge in [0.1, 0.15) is 0 Å². The molecule has 1 aliphatic heterocycles. The van der Waals surface area contributed by atoms with E-state index >= 15 is 0 Å². The van der Waals surface area contributed by atoms with Gasteiger partial charge in [-0.2, -0.15) is 0 Å². The molecule has 0 radical (unpaired) electrons. The molecule has 0 amide bonds. The highest BCUT2D eigenvalue weighted by molar-refractivity contribution is 4.83. The van der Waals surface area contributed by atoms with Crippen LogP contribution in [0, 0.1) is 5.92 Å². The molecule has 14 heavy (non-hydrogen) atoms. The lowest BCUT2D eigenvalue weighted by atomic mass is 9.84. The fourth-order valence-electron chi connectivity index (χ4n) is 2.24. The minimum absolute atomic E-state index is 0.0884. The Balaban J connectivity index is 2.35. The normalized spacial score (nSPS) is 28.7. The van der Waals surface area contributed by atoms with Gasteiger partial charge in [0.25, 0.3) is 0 Å². The van der Waals surface area contributed by atoms with Crippen molar-refractivity contribution in [2.45, 2.75) is 58.6 Å². The van der Waals surface area contributed by atoms with Gasteiger partial charge in [-0.15, -0.1) is 0 Å². The van der Waals surface area contributed by atoms with Gasteiger partial charge < -0.3 is 10.1 Å². The minimum Gasteiger partial charge on any atom is -0.376 e. The number of nitrogens with one attached hydrogen (secondary N) is 1. The molecule has 1 N–H and O–H groups in total. The molecule has 2 unspecified atom stereocenters. The Labute approximate surface area is 88.4 Å². The third kappa shape index (κ3) is 3.58. The maximum Gasteiger partial charge on any atom is 0.0629 e. The molecule has 1 heterocycles. The molecule has 84 valence electrons. The van der Waals surface area contributed by atoms with Crippen LogP contribution in [-0.4, -0.2) is 24.8 Å². The van der Waals surface area contributed by atoms with Crippen LogP contribution in [0.1, 0.15) is 47.0 Å². The summed E-state index contributed by atoms with van der Waals surface area (Å²) in [5, 5.41) is 3.58. The summed E-state index contributed by atoms with van der Waals surface area (Å²) in [6, 6.07) is 0.637. The number of rotatable bonds is 4. The summed E-state index contributed by atoms with van der Waals surface area (Å²) < 4.78 is 5.72. The quantitative estimate of drug-likeness (QED) is 0.751. The molecule has 0 saturated carbocycles. The van der Waals surface area contributed by atoms with Crippen molar-refractivity contribution >= 4 is 0 Å². The molecule has 0 spiro atoms. The molecule has 1 saturated heterocycles. The first-order chi connectivity index (χ1) is 6.55. The van der Waals surface area contributed by atoms with E-state index in [1.807, 2.05) is 0 Å². The summed E-state index contributed by atoms with van der Waals surface area (Å²) in [5.74, 6) is 0.783. The van der Waals surface area contributed by atoms with Crippen molar-refractivity contribution in [1.29, 1.82) is 0 Å². The second-order valence-corrected chi connectivity index (χ2v) is 5.10. The monoisotopic (exact) mass is 199 g/mol. The van der Waals surface area contributed by atoms with Crippen molar-refractivity contribution in [3.63, 3.8) is 0 Å². The van der Waals surface area contributed by atoms with Crippen molar-refractivity contribution in [3.05, 3.63) is 0 Å². The first-order valence-electron chi connectivity index (χ1n) is 5.92. The highest BCUT2D eigenvalue weighted by Gasteiger charge is 2.31. The Bertz CT molecular complexity index is 168. The topological polar surface area (TPSA) is 21.3 Å². The van der Waals surface area contributed by atoms with E-state index in [9.17, 15) is 0 Å². The molecule has 1 aliphatic rings. The molecule has 1 rings (SSSR count). The van der Waals surface area contributed by atoms with Gasteiger partial charge in [0.05, 0.1) is 5.60 Å². The Hall–Kier alpha value is -0.0800. The van der Waals surface area contributed by atoms with Crippen molar-refractivity contribution in [1.82, 2.24) is 5.32 Å². The fraction of sp³-hybridized carbons (Fsp3) is 1.00. The Morgan fingerprint density at radius 3 is 2.79 bits per heavy atom. The molecule has 1 fully saturated rings. The molecule has 2 atom stereocenters. The standard InChI is InChI=1S/C12H25NO/c1-5-7-13-10(2)11-6-8-14-12(3,4)9-11/h10-11,13H,5-9H2,1-4H3. The summed E-state index contributed by atoms with van der Waals surface area (Å²) in [6.07, 6.45) is 3.61. The Morgan fingerprint density at radius 2 is 2.21 bits per heavy atom. The molecule has 2 heteroatoms. The van der Waals surface area contributed by atoms with E-state index < -0.39 is 0 Å². The predicted molar refractivity (Wildman–Crippen MR) is 60.5 cm³/mol. The summed E-state index contributed by atoms with van der Waals surface area (Å²) >= 11 is 0. The highest BCUT2D eigenvalue weighted by Crippen LogP contribution is 2.30. The van der Waals surface area contributed by atoms with Crippen LogP contribution in [0.2, 0.25) is 0 Å². The van der Waals surface area contributed by atoms with Crippen molar-refractivity contribution < 1.29 is 4.74 Å². The molecule has 0 aliphatic carbocycles. The first-order valence-corrected chi connectivity index (χ1v) is 5.92. The second-order valence-electron chi connectivity index (χ2n) is 5.10. The molecule has 0 aromatic rings. The summed E-state index contributed by atoms with van der Waals surface area (Å²) in [6.45, 7) is 11.0. The smallest absolute Gasteiger partial charge is 0.0629 e. The zero-order valence-corrected chi connectivity index (χ0v) is 10.1. The number of hydrogen-bond donors (Lipinski definition) is 1. The van der Waals surface area contributed by atoms with Gasteiger partial charge in [0.2, 0.25) is 0 Å². The number of hydrogen-bond acceptors (Lipinski definition) is 2. The van der Waals surface area contributed by atoms with Gasteiger partial charge in [0, 0.05) is 12.6 Å². The van der Waals surface area contributed by atoms with E-state index in [2.05, 4.69) is 33.0 Å². The van der Waals surface area contributed by atoms with Crippen LogP contribution < -0.4 is 5.32 Å². The molecular weight excluding hydrogens is 174 g/mol. The lowest BCUT2D eigenvalue weighted by Gasteiger charge is -2.38. The van der Waals surface area contributed by atoms with Gasteiger partial charge in [-0.05, 0) is 52.5 Å². The Kier molecular flexibility index (Phi) is 4.39. The highest BCUT2D eigenvalue weighted by atomic mass is 16.5. The maximum atomic E-state index is 5.72. The minimum atomic E-state index is 0.0884. The Morgan fingerprint density at radius 1 is 1.50 bits per heavy atom. The van der Waals surface area contributed by atoms with Gasteiger partial charge in [-0.3, -0.25) is 0 Å². The van der Waals surface area contributed by atoms with Crippen LogP contribution in [0.3, 0.4) is 0 Å². The van der Waals surface area contributed by atoms with Gasteiger partial charge in [0.15, 0.2) is 0 Å². The van der Waals surface area contributed by atoms with Crippen LogP contribution in [0.5, 0.6) is 0 Å². The van der Waals surface area contributed by atoms with Gasteiger partial charge in [-0.25, -0.2) is 0 Å². The third-order valence-corrected chi connectivity index (χ3v) is 3.16. The molecule has 0 aromatic heterocycles. The maximum absolute atomic E-state index is 5.72. The average molecular weight is 199 g/mol. The van der Waals surface area contributed by atoms with Crippen molar-refractivity contribution in [2.75, 3.05) is 13.2 Å². The van der Waals surface area contributed by atoms with E-state index in [0.717, 1.165) is 19.1 Å². The second kappa shape index (κ2) is 5.13. The summed E-state index contributed by atoms with van der Waals surface area (Å²) in [5.41, 5.74) is 0.0884. The average Bonchev–Trinajstić information content (AvgIpc) is 2.12. The van der Waals surface area contributed by atoms with E-state index in [1.165, 1.54) is 19.3 Å². The largest absolute Gasteiger partial charge is 0.376 e. The molecule has 0 bridgehead atoms. The van der Waals surface area contributed by atoms with Crippen LogP contribution in [0.25, 0.3) is 0 Å². The lowest BCUT2D eigenvalue weighted by Crippen LogP contribution is -2.43. The van der Waals surface area contributed by atoms with Gasteiger partial charge in [-0.1, -0.05) is 6.92 Å². The number of ether oxygens (including phenoxy) is 1. The summed E-state index contributed by atoms with van der Waals surface area (Å²) in [4.78, 5) is 0. The zero-order chi connectivity index (χ0) is 10.6. The van der Waals surface area contributed by atoms with Crippen molar-refractivity contribution in [2.24, 2.45) is 5.92 Å². The van der Waals surface area contributed by atoms with Crippen LogP contribution in [0.15, 0.2) is 0 Å². The SMILES string of the molecule is CCCNC(C)C1CCOC(C)(C)C1. The molecular formula is C12H25NO. The van der Waals surface area contributed by atoms with E-state index in [0.29, 0.717) is 6.04 Å². The van der Waals surface area contributed by atoms with Crippen LogP contribution in [-0.2, 0) is 4.74 Å². The van der Waals surface area contributed by atoms with E-state index in [1.54, 1.807) is 0 Å². The van der Waals surface area contributed by atoms with Crippen LogP contribution >= 0.6 is 0 Å². The fourth-order valence-corrected chi connectivity index (χ4v) is 2.24. The summed E-state index contributed by atoms with van der Waals surface area (Å²) in [7, 11) is 0. The van der Waals surface area contributed by atoms with E-state index in [4.69, 9.17) is 4.74 Å². The predicted octanol–water partition coefficient (Wildman–Crippen LogP) is 2.58. The first kappa shape index (κ1) is 12.0. The van der Waals surface area contributed by atoms with Gasteiger partial charge >= 0.3 is 0 Å². The zero-order valence-electron chi connectivity index (χ0n) is 10.1.